The first-order chi connectivity index (χ1) is 24.2. The average Bonchev–Trinajstić information content (AvgIpc) is 3.10. The second-order valence-corrected chi connectivity index (χ2v) is 11.7. The molecular formula is C37H72O12. The number of unbranched alkanes of at least 4 members (excludes halogenated alkanes) is 12. The fourth-order valence-electron chi connectivity index (χ4n) is 4.60. The molecular weight excluding hydrogens is 636 g/mol. The number of carbonyl (C=O) groups excluding carboxylic acids is 2. The van der Waals surface area contributed by atoms with Crippen LogP contribution in [-0.2, 0) is 57.0 Å². The van der Waals surface area contributed by atoms with Gasteiger partial charge in [-0.25, -0.2) is 0 Å². The van der Waals surface area contributed by atoms with E-state index in [1.165, 1.54) is 70.6 Å². The zero-order valence-electron chi connectivity index (χ0n) is 31.2. The summed E-state index contributed by atoms with van der Waals surface area (Å²) in [4.78, 5) is 23.0. The molecule has 0 aromatic rings. The van der Waals surface area contributed by atoms with Crippen molar-refractivity contribution in [3.05, 3.63) is 0 Å². The van der Waals surface area contributed by atoms with Crippen LogP contribution < -0.4 is 0 Å². The van der Waals surface area contributed by atoms with E-state index in [9.17, 15) is 9.59 Å². The van der Waals surface area contributed by atoms with Gasteiger partial charge in [-0.3, -0.25) is 9.59 Å². The van der Waals surface area contributed by atoms with E-state index in [-0.39, 0.29) is 25.0 Å². The fourth-order valence-corrected chi connectivity index (χ4v) is 4.60. The first-order valence-electron chi connectivity index (χ1n) is 19.1. The highest BCUT2D eigenvalue weighted by Gasteiger charge is 2.03. The van der Waals surface area contributed by atoms with Crippen LogP contribution in [-0.4, -0.2) is 131 Å². The molecule has 0 aromatic heterocycles. The first kappa shape index (κ1) is 47.6. The van der Waals surface area contributed by atoms with E-state index in [0.717, 1.165) is 12.8 Å². The lowest BCUT2D eigenvalue weighted by atomic mass is 10.0. The van der Waals surface area contributed by atoms with Crippen LogP contribution in [0.1, 0.15) is 110 Å². The van der Waals surface area contributed by atoms with Crippen molar-refractivity contribution in [3.63, 3.8) is 0 Å². The third-order valence-electron chi connectivity index (χ3n) is 7.34. The predicted octanol–water partition coefficient (Wildman–Crippen LogP) is 6.10. The van der Waals surface area contributed by atoms with Gasteiger partial charge in [0, 0.05) is 6.42 Å². The summed E-state index contributed by atoms with van der Waals surface area (Å²) in [7, 11) is 0. The third-order valence-corrected chi connectivity index (χ3v) is 7.34. The van der Waals surface area contributed by atoms with Gasteiger partial charge in [0.25, 0.3) is 0 Å². The maximum atomic E-state index is 11.9. The summed E-state index contributed by atoms with van der Waals surface area (Å²) in [5, 5.41) is 0. The Bertz CT molecular complexity index is 667. The molecule has 0 saturated heterocycles. The number of hydrogen-bond donors (Lipinski definition) is 0. The highest BCUT2D eigenvalue weighted by atomic mass is 16.6. The lowest BCUT2D eigenvalue weighted by molar-refractivity contribution is -0.146. The monoisotopic (exact) mass is 709 g/mol. The van der Waals surface area contributed by atoms with Crippen molar-refractivity contribution in [2.24, 2.45) is 0 Å². The van der Waals surface area contributed by atoms with Gasteiger partial charge >= 0.3 is 11.9 Å². The van der Waals surface area contributed by atoms with E-state index in [0.29, 0.717) is 119 Å². The zero-order valence-corrected chi connectivity index (χ0v) is 31.2. The summed E-state index contributed by atoms with van der Waals surface area (Å²) in [6.45, 7) is 12.1. The number of hydrogen-bond acceptors (Lipinski definition) is 12. The molecule has 0 aliphatic carbocycles. The molecule has 0 aliphatic heterocycles. The molecule has 0 saturated carbocycles. The second kappa shape index (κ2) is 42.8. The Labute approximate surface area is 297 Å². The molecule has 49 heavy (non-hydrogen) atoms. The van der Waals surface area contributed by atoms with Crippen LogP contribution in [0.2, 0.25) is 0 Å². The maximum absolute atomic E-state index is 11.9. The lowest BCUT2D eigenvalue weighted by Gasteiger charge is -2.09. The molecule has 12 heteroatoms. The summed E-state index contributed by atoms with van der Waals surface area (Å²) < 4.78 is 53.6. The van der Waals surface area contributed by atoms with Gasteiger partial charge in [-0.1, -0.05) is 84.0 Å². The minimum absolute atomic E-state index is 0.134. The summed E-state index contributed by atoms with van der Waals surface area (Å²) in [6, 6.07) is 0. The van der Waals surface area contributed by atoms with Crippen LogP contribution in [0, 0.1) is 0 Å². The van der Waals surface area contributed by atoms with Crippen molar-refractivity contribution in [2.45, 2.75) is 110 Å². The van der Waals surface area contributed by atoms with Gasteiger partial charge in [-0.2, -0.15) is 0 Å². The average molecular weight is 709 g/mol. The first-order valence-corrected chi connectivity index (χ1v) is 19.1. The van der Waals surface area contributed by atoms with Crippen molar-refractivity contribution in [1.82, 2.24) is 0 Å². The third kappa shape index (κ3) is 42.7. The maximum Gasteiger partial charge on any atom is 0.308 e. The summed E-state index contributed by atoms with van der Waals surface area (Å²) in [5.74, 6) is -0.385. The van der Waals surface area contributed by atoms with Crippen LogP contribution in [0.3, 0.4) is 0 Å². The highest BCUT2D eigenvalue weighted by molar-refractivity contribution is 5.69. The molecule has 0 fully saturated rings. The normalized spacial score (nSPS) is 11.3. The van der Waals surface area contributed by atoms with E-state index in [2.05, 4.69) is 6.92 Å². The van der Waals surface area contributed by atoms with E-state index < -0.39 is 0 Å². The van der Waals surface area contributed by atoms with Gasteiger partial charge in [0.15, 0.2) is 0 Å². The molecule has 12 nitrogen and oxygen atoms in total. The molecule has 0 unspecified atom stereocenters. The van der Waals surface area contributed by atoms with Crippen molar-refractivity contribution >= 4 is 11.9 Å². The molecule has 0 spiro atoms. The Morgan fingerprint density at radius 3 is 0.939 bits per heavy atom. The lowest BCUT2D eigenvalue weighted by Crippen LogP contribution is -2.15. The molecule has 0 amide bonds. The SMILES string of the molecule is CCCCCCCCCCCCCCCC(=O)OCCOCCOCCOCCOCCOCCOCCOCCOCCC(=O)OCC. The van der Waals surface area contributed by atoms with Gasteiger partial charge in [-0.15, -0.1) is 0 Å². The molecule has 0 heterocycles. The van der Waals surface area contributed by atoms with Crippen molar-refractivity contribution in [2.75, 3.05) is 119 Å². The van der Waals surface area contributed by atoms with Crippen LogP contribution in [0.25, 0.3) is 0 Å². The molecule has 0 aliphatic rings. The largest absolute Gasteiger partial charge is 0.466 e. The van der Waals surface area contributed by atoms with Crippen molar-refractivity contribution in [1.29, 1.82) is 0 Å². The topological polar surface area (TPSA) is 126 Å². The van der Waals surface area contributed by atoms with E-state index in [1.54, 1.807) is 6.92 Å². The van der Waals surface area contributed by atoms with E-state index >= 15 is 0 Å². The quantitative estimate of drug-likeness (QED) is 0.0538. The van der Waals surface area contributed by atoms with Gasteiger partial charge in [-0.05, 0) is 13.3 Å². The Morgan fingerprint density at radius 1 is 0.306 bits per heavy atom. The fraction of sp³-hybridized carbons (Fsp3) is 0.946. The molecule has 0 rings (SSSR count). The Morgan fingerprint density at radius 2 is 0.592 bits per heavy atom. The molecule has 0 radical (unpaired) electrons. The van der Waals surface area contributed by atoms with Crippen molar-refractivity contribution < 1.29 is 57.0 Å². The van der Waals surface area contributed by atoms with Crippen LogP contribution in [0.4, 0.5) is 0 Å². The highest BCUT2D eigenvalue weighted by Crippen LogP contribution is 2.13. The summed E-state index contributed by atoms with van der Waals surface area (Å²) in [6.07, 6.45) is 17.6. The molecule has 0 N–H and O–H groups in total. The smallest absolute Gasteiger partial charge is 0.308 e. The number of carbonyl (C=O) groups is 2. The standard InChI is InChI=1S/C37H72O12/c1-3-5-6-7-8-9-10-11-12-13-14-15-16-17-36(38)49-35-34-47-33-32-46-31-30-45-29-28-44-27-26-43-25-24-42-23-22-41-21-20-40-19-18-37(39)48-4-2/h3-35H2,1-2H3. The Kier molecular flexibility index (Phi) is 41.6. The molecule has 0 aromatic carbocycles. The van der Waals surface area contributed by atoms with Gasteiger partial charge in [0.2, 0.25) is 0 Å². The number of ether oxygens (including phenoxy) is 10. The van der Waals surface area contributed by atoms with Crippen molar-refractivity contribution in [3.8, 4) is 0 Å². The molecule has 292 valence electrons. The summed E-state index contributed by atoms with van der Waals surface area (Å²) in [5.41, 5.74) is 0. The van der Waals surface area contributed by atoms with Gasteiger partial charge in [0.1, 0.15) is 6.61 Å². The van der Waals surface area contributed by atoms with Crippen LogP contribution in [0.15, 0.2) is 0 Å². The Hall–Kier alpha value is -1.38. The zero-order chi connectivity index (χ0) is 35.6. The Balaban J connectivity index is 3.14. The number of esters is 2. The van der Waals surface area contributed by atoms with Gasteiger partial charge in [0.05, 0.1) is 119 Å². The van der Waals surface area contributed by atoms with Gasteiger partial charge < -0.3 is 47.4 Å². The van der Waals surface area contributed by atoms with Crippen LogP contribution in [0.5, 0.6) is 0 Å². The molecule has 0 bridgehead atoms. The van der Waals surface area contributed by atoms with E-state index in [4.69, 9.17) is 47.4 Å². The van der Waals surface area contributed by atoms with E-state index in [1.807, 2.05) is 0 Å². The predicted molar refractivity (Wildman–Crippen MR) is 189 cm³/mol. The minimum atomic E-state index is -0.251. The van der Waals surface area contributed by atoms with Crippen LogP contribution >= 0.6 is 0 Å². The second-order valence-electron chi connectivity index (χ2n) is 11.7. The summed E-state index contributed by atoms with van der Waals surface area (Å²) >= 11 is 0. The minimum Gasteiger partial charge on any atom is -0.466 e. The number of rotatable bonds is 42. The molecule has 0 atom stereocenters.